The Balaban J connectivity index is 1.61. The predicted octanol–water partition coefficient (Wildman–Crippen LogP) is 3.43. The van der Waals surface area contributed by atoms with Gasteiger partial charge in [-0.3, -0.25) is 10.1 Å². The molecule has 0 aliphatic heterocycles. The van der Waals surface area contributed by atoms with Gasteiger partial charge in [-0.2, -0.15) is 0 Å². The normalized spacial score (nSPS) is 11.0. The Morgan fingerprint density at radius 1 is 1.25 bits per heavy atom. The van der Waals surface area contributed by atoms with Gasteiger partial charge in [0.1, 0.15) is 0 Å². The van der Waals surface area contributed by atoms with Crippen molar-refractivity contribution < 1.29 is 9.90 Å². The number of nitrogens with one attached hydrogen (secondary N) is 1. The van der Waals surface area contributed by atoms with Crippen molar-refractivity contribution in [2.45, 2.75) is 36.5 Å². The number of aromatic nitrogens is 4. The summed E-state index contributed by atoms with van der Waals surface area (Å²) in [5.41, 5.74) is 2.92. The molecule has 0 atom stereocenters. The van der Waals surface area contributed by atoms with Crippen molar-refractivity contribution in [1.29, 1.82) is 0 Å². The van der Waals surface area contributed by atoms with Crippen molar-refractivity contribution in [3.8, 4) is 0 Å². The number of aryl methyl sites for hydroxylation is 1. The van der Waals surface area contributed by atoms with Gasteiger partial charge in [-0.25, -0.2) is 4.98 Å². The number of carbonyl (C=O) groups is 1. The molecule has 7 nitrogen and oxygen atoms in total. The third-order valence-corrected chi connectivity index (χ3v) is 6.52. The molecule has 2 N–H and O–H groups in total. The molecule has 2 heterocycles. The highest BCUT2D eigenvalue weighted by atomic mass is 32.2. The molecule has 0 saturated carbocycles. The smallest absolute Gasteiger partial charge is 0.236 e. The van der Waals surface area contributed by atoms with Crippen LogP contribution in [0.15, 0.2) is 40.0 Å². The van der Waals surface area contributed by atoms with E-state index in [0.29, 0.717) is 22.5 Å². The molecule has 0 aliphatic carbocycles. The third-order valence-electron chi connectivity index (χ3n) is 3.68. The van der Waals surface area contributed by atoms with E-state index in [9.17, 15) is 9.90 Å². The SMILES string of the molecule is CCSc1nnc(NC(=O)CSc2nc(CO)cn2Cc2ccc(C)cc2)s1. The zero-order chi connectivity index (χ0) is 19.9. The van der Waals surface area contributed by atoms with Crippen LogP contribution in [0, 0.1) is 6.92 Å². The Morgan fingerprint density at radius 3 is 2.75 bits per heavy atom. The lowest BCUT2D eigenvalue weighted by atomic mass is 10.1. The van der Waals surface area contributed by atoms with Gasteiger partial charge in [0.05, 0.1) is 18.1 Å². The Labute approximate surface area is 176 Å². The van der Waals surface area contributed by atoms with Crippen molar-refractivity contribution in [2.75, 3.05) is 16.8 Å². The fraction of sp³-hybridized carbons (Fsp3) is 0.333. The van der Waals surface area contributed by atoms with E-state index in [4.69, 9.17) is 0 Å². The highest BCUT2D eigenvalue weighted by Gasteiger charge is 2.13. The van der Waals surface area contributed by atoms with E-state index in [1.54, 1.807) is 11.8 Å². The lowest BCUT2D eigenvalue weighted by Crippen LogP contribution is -2.14. The van der Waals surface area contributed by atoms with Gasteiger partial charge in [-0.15, -0.1) is 10.2 Å². The van der Waals surface area contributed by atoms with E-state index in [0.717, 1.165) is 15.7 Å². The van der Waals surface area contributed by atoms with E-state index in [1.807, 2.05) is 24.6 Å². The number of carbonyl (C=O) groups excluding carboxylic acids is 1. The van der Waals surface area contributed by atoms with Crippen molar-refractivity contribution in [1.82, 2.24) is 19.7 Å². The molecule has 0 fully saturated rings. The van der Waals surface area contributed by atoms with Crippen LogP contribution in [0.2, 0.25) is 0 Å². The molecule has 0 unspecified atom stereocenters. The van der Waals surface area contributed by atoms with Gasteiger partial charge in [0, 0.05) is 12.7 Å². The molecule has 0 saturated heterocycles. The summed E-state index contributed by atoms with van der Waals surface area (Å²) in [7, 11) is 0. The molecule has 0 bridgehead atoms. The first-order chi connectivity index (χ1) is 13.6. The molecule has 0 radical (unpaired) electrons. The monoisotopic (exact) mass is 435 g/mol. The van der Waals surface area contributed by atoms with Crippen LogP contribution in [0.1, 0.15) is 23.7 Å². The average Bonchev–Trinajstić information content (AvgIpc) is 3.29. The van der Waals surface area contributed by atoms with Crippen molar-refractivity contribution in [2.24, 2.45) is 0 Å². The van der Waals surface area contributed by atoms with E-state index in [-0.39, 0.29) is 18.3 Å². The van der Waals surface area contributed by atoms with Gasteiger partial charge in [0.25, 0.3) is 0 Å². The Morgan fingerprint density at radius 2 is 2.04 bits per heavy atom. The minimum absolute atomic E-state index is 0.136. The Kier molecular flexibility index (Phi) is 7.49. The van der Waals surface area contributed by atoms with E-state index < -0.39 is 0 Å². The first-order valence-corrected chi connectivity index (χ1v) is 11.5. The molecule has 0 spiro atoms. The minimum atomic E-state index is -0.162. The van der Waals surface area contributed by atoms with Gasteiger partial charge >= 0.3 is 0 Å². The summed E-state index contributed by atoms with van der Waals surface area (Å²) in [6, 6.07) is 8.26. The summed E-state index contributed by atoms with van der Waals surface area (Å²) < 4.78 is 2.79. The summed E-state index contributed by atoms with van der Waals surface area (Å²) in [5.74, 6) is 0.950. The number of hydrogen-bond donors (Lipinski definition) is 2. The first-order valence-electron chi connectivity index (χ1n) is 8.68. The summed E-state index contributed by atoms with van der Waals surface area (Å²) in [6.45, 7) is 4.58. The number of anilines is 1. The molecule has 28 heavy (non-hydrogen) atoms. The van der Waals surface area contributed by atoms with E-state index in [2.05, 4.69) is 44.8 Å². The number of imidazole rings is 1. The average molecular weight is 436 g/mol. The quantitative estimate of drug-likeness (QED) is 0.393. The zero-order valence-corrected chi connectivity index (χ0v) is 18.0. The third kappa shape index (κ3) is 5.81. The lowest BCUT2D eigenvalue weighted by Gasteiger charge is -2.08. The number of hydrogen-bond acceptors (Lipinski definition) is 8. The summed E-state index contributed by atoms with van der Waals surface area (Å²) >= 11 is 4.29. The number of amides is 1. The van der Waals surface area contributed by atoms with Crippen LogP contribution in [-0.4, -0.2) is 42.3 Å². The molecule has 10 heteroatoms. The number of rotatable bonds is 9. The van der Waals surface area contributed by atoms with Crippen LogP contribution in [0.25, 0.3) is 0 Å². The standard InChI is InChI=1S/C18H21N5O2S3/c1-3-26-18-22-21-16(28-18)20-15(25)11-27-17-19-14(10-24)9-23(17)8-13-6-4-12(2)5-7-13/h4-7,9,24H,3,8,10-11H2,1-2H3,(H,20,21,25). The van der Waals surface area contributed by atoms with Crippen LogP contribution in [0.5, 0.6) is 0 Å². The number of thioether (sulfide) groups is 2. The molecule has 0 aliphatic rings. The largest absolute Gasteiger partial charge is 0.390 e. The Bertz CT molecular complexity index is 924. The van der Waals surface area contributed by atoms with Crippen molar-refractivity contribution in [3.05, 3.63) is 47.3 Å². The summed E-state index contributed by atoms with van der Waals surface area (Å²) in [4.78, 5) is 16.7. The van der Waals surface area contributed by atoms with Gasteiger partial charge in [-0.05, 0) is 18.2 Å². The summed E-state index contributed by atoms with van der Waals surface area (Å²) in [6.07, 6.45) is 1.82. The van der Waals surface area contributed by atoms with Crippen LogP contribution in [-0.2, 0) is 17.9 Å². The highest BCUT2D eigenvalue weighted by Crippen LogP contribution is 2.25. The maximum absolute atomic E-state index is 12.3. The topological polar surface area (TPSA) is 92.9 Å². The van der Waals surface area contributed by atoms with E-state index in [1.165, 1.54) is 28.7 Å². The predicted molar refractivity (Wildman–Crippen MR) is 114 cm³/mol. The maximum Gasteiger partial charge on any atom is 0.236 e. The number of benzene rings is 1. The fourth-order valence-corrected chi connectivity index (χ4v) is 4.84. The number of aliphatic hydroxyl groups excluding tert-OH is 1. The first kappa shape index (κ1) is 20.8. The molecular weight excluding hydrogens is 414 g/mol. The van der Waals surface area contributed by atoms with Gasteiger partial charge < -0.3 is 9.67 Å². The van der Waals surface area contributed by atoms with Crippen LogP contribution >= 0.6 is 34.9 Å². The van der Waals surface area contributed by atoms with Crippen molar-refractivity contribution >= 4 is 45.9 Å². The molecule has 1 aromatic carbocycles. The maximum atomic E-state index is 12.3. The van der Waals surface area contributed by atoms with Gasteiger partial charge in [0.2, 0.25) is 11.0 Å². The van der Waals surface area contributed by atoms with Crippen LogP contribution in [0.4, 0.5) is 5.13 Å². The molecule has 2 aromatic heterocycles. The lowest BCUT2D eigenvalue weighted by molar-refractivity contribution is -0.113. The van der Waals surface area contributed by atoms with Crippen LogP contribution in [0.3, 0.4) is 0 Å². The molecule has 148 valence electrons. The second-order valence-corrected chi connectivity index (χ2v) is 9.36. The van der Waals surface area contributed by atoms with Gasteiger partial charge in [0.15, 0.2) is 9.50 Å². The second-order valence-electron chi connectivity index (χ2n) is 5.93. The Hall–Kier alpha value is -1.88. The van der Waals surface area contributed by atoms with Gasteiger partial charge in [-0.1, -0.05) is 71.6 Å². The molecule has 3 rings (SSSR count). The summed E-state index contributed by atoms with van der Waals surface area (Å²) in [5, 5.41) is 21.4. The van der Waals surface area contributed by atoms with Crippen LogP contribution < -0.4 is 5.32 Å². The number of nitrogens with zero attached hydrogens (tertiary/aromatic N) is 4. The zero-order valence-electron chi connectivity index (χ0n) is 15.6. The minimum Gasteiger partial charge on any atom is -0.390 e. The molecule has 3 aromatic rings. The number of aliphatic hydroxyl groups is 1. The fourth-order valence-electron chi connectivity index (χ4n) is 2.37. The van der Waals surface area contributed by atoms with E-state index >= 15 is 0 Å². The highest BCUT2D eigenvalue weighted by molar-refractivity contribution is 8.01. The molecular formula is C18H21N5O2S3. The molecule has 1 amide bonds. The second kappa shape index (κ2) is 10.1. The van der Waals surface area contributed by atoms with Crippen molar-refractivity contribution in [3.63, 3.8) is 0 Å².